The van der Waals surface area contributed by atoms with Crippen LogP contribution >= 0.6 is 0 Å². The third kappa shape index (κ3) is 6.50. The number of fused-ring (bicyclic) bond motifs is 1. The molecular formula is C35H36N6O5. The number of aromatic nitrogens is 4. The lowest BCUT2D eigenvalue weighted by Gasteiger charge is -2.29. The maximum absolute atomic E-state index is 13.0. The first-order chi connectivity index (χ1) is 22.5. The number of benzene rings is 4. The van der Waals surface area contributed by atoms with Crippen LogP contribution in [0.5, 0.6) is 23.0 Å². The van der Waals surface area contributed by atoms with E-state index in [0.717, 1.165) is 49.7 Å². The van der Waals surface area contributed by atoms with E-state index in [0.29, 0.717) is 34.1 Å². The van der Waals surface area contributed by atoms with Crippen molar-refractivity contribution >= 4 is 11.6 Å². The van der Waals surface area contributed by atoms with E-state index in [1.54, 1.807) is 52.7 Å². The molecule has 1 N–H and O–H groups in total. The fourth-order valence-corrected chi connectivity index (χ4v) is 5.60. The molecule has 46 heavy (non-hydrogen) atoms. The summed E-state index contributed by atoms with van der Waals surface area (Å²) in [6, 6.07) is 24.7. The number of anilines is 1. The molecule has 0 spiro atoms. The van der Waals surface area contributed by atoms with Gasteiger partial charge in [0, 0.05) is 31.3 Å². The van der Waals surface area contributed by atoms with Crippen LogP contribution in [0.3, 0.4) is 0 Å². The Labute approximate surface area is 267 Å². The molecule has 0 bridgehead atoms. The number of carbonyl (C=O) groups excluding carboxylic acids is 1. The number of carbonyl (C=O) groups is 1. The molecule has 6 rings (SSSR count). The first-order valence-corrected chi connectivity index (χ1v) is 15.0. The first-order valence-electron chi connectivity index (χ1n) is 15.0. The number of amides is 1. The molecule has 236 valence electrons. The molecule has 0 atom stereocenters. The van der Waals surface area contributed by atoms with Gasteiger partial charge in [-0.2, -0.15) is 0 Å². The number of ether oxygens (including phenoxy) is 4. The van der Waals surface area contributed by atoms with Crippen LogP contribution in [0.25, 0.3) is 17.1 Å². The monoisotopic (exact) mass is 620 g/mol. The Morgan fingerprint density at radius 2 is 1.46 bits per heavy atom. The average molecular weight is 621 g/mol. The van der Waals surface area contributed by atoms with Crippen molar-refractivity contribution in [2.75, 3.05) is 46.8 Å². The lowest BCUT2D eigenvalue weighted by Crippen LogP contribution is -2.32. The molecule has 0 fully saturated rings. The van der Waals surface area contributed by atoms with Gasteiger partial charge in [-0.25, -0.2) is 0 Å². The lowest BCUT2D eigenvalue weighted by molar-refractivity contribution is 0.102. The zero-order valence-corrected chi connectivity index (χ0v) is 26.3. The summed E-state index contributed by atoms with van der Waals surface area (Å²) in [5.41, 5.74) is 6.12. The van der Waals surface area contributed by atoms with Crippen LogP contribution in [0, 0.1) is 0 Å². The Balaban J connectivity index is 1.15. The highest BCUT2D eigenvalue weighted by molar-refractivity contribution is 6.06. The molecule has 11 heteroatoms. The van der Waals surface area contributed by atoms with Gasteiger partial charge in [-0.15, -0.1) is 15.0 Å². The van der Waals surface area contributed by atoms with Gasteiger partial charge in [0.05, 0.1) is 45.4 Å². The third-order valence-electron chi connectivity index (χ3n) is 8.14. The molecule has 11 nitrogen and oxygen atoms in total. The smallest absolute Gasteiger partial charge is 0.255 e. The second-order valence-electron chi connectivity index (χ2n) is 10.9. The maximum Gasteiger partial charge on any atom is 0.255 e. The maximum atomic E-state index is 13.0. The summed E-state index contributed by atoms with van der Waals surface area (Å²) >= 11 is 0. The van der Waals surface area contributed by atoms with Gasteiger partial charge in [-0.1, -0.05) is 30.3 Å². The zero-order valence-electron chi connectivity index (χ0n) is 26.3. The molecule has 2 heterocycles. The zero-order chi connectivity index (χ0) is 32.0. The normalized spacial score (nSPS) is 12.7. The molecule has 0 radical (unpaired) electrons. The van der Waals surface area contributed by atoms with E-state index in [-0.39, 0.29) is 5.91 Å². The molecule has 0 saturated heterocycles. The molecule has 1 amide bonds. The number of hydrogen-bond acceptors (Lipinski definition) is 9. The fourth-order valence-electron chi connectivity index (χ4n) is 5.60. The molecule has 0 unspecified atom stereocenters. The summed E-state index contributed by atoms with van der Waals surface area (Å²) in [5.74, 6) is 2.54. The molecular weight excluding hydrogens is 584 g/mol. The SMILES string of the molecule is COc1cc2c(cc1OC)CN(CCc1ccc(-n3nnc(-c4cc(OC)c(OC)cc4NC(=O)c4ccccc4)n3)cc1)CC2. The van der Waals surface area contributed by atoms with Crippen molar-refractivity contribution in [1.82, 2.24) is 25.1 Å². The van der Waals surface area contributed by atoms with Crippen molar-refractivity contribution < 1.29 is 23.7 Å². The minimum Gasteiger partial charge on any atom is -0.493 e. The van der Waals surface area contributed by atoms with E-state index in [1.807, 2.05) is 30.3 Å². The summed E-state index contributed by atoms with van der Waals surface area (Å²) in [6.07, 6.45) is 1.89. The van der Waals surface area contributed by atoms with Gasteiger partial charge in [-0.3, -0.25) is 9.69 Å². The molecule has 1 aromatic heterocycles. The van der Waals surface area contributed by atoms with E-state index in [4.69, 9.17) is 18.9 Å². The van der Waals surface area contributed by atoms with Crippen molar-refractivity contribution in [3.05, 3.63) is 101 Å². The van der Waals surface area contributed by atoms with Gasteiger partial charge < -0.3 is 24.3 Å². The predicted molar refractivity (Wildman–Crippen MR) is 174 cm³/mol. The highest BCUT2D eigenvalue weighted by Gasteiger charge is 2.21. The van der Waals surface area contributed by atoms with E-state index < -0.39 is 0 Å². The molecule has 0 aliphatic carbocycles. The van der Waals surface area contributed by atoms with Gasteiger partial charge in [0.15, 0.2) is 23.0 Å². The quantitative estimate of drug-likeness (QED) is 0.212. The Morgan fingerprint density at radius 3 is 2.15 bits per heavy atom. The van der Waals surface area contributed by atoms with Gasteiger partial charge in [-0.05, 0) is 77.2 Å². The van der Waals surface area contributed by atoms with Gasteiger partial charge in [0.1, 0.15) is 0 Å². The molecule has 1 aliphatic heterocycles. The highest BCUT2D eigenvalue weighted by Crippen LogP contribution is 2.38. The first kappa shape index (κ1) is 30.6. The van der Waals surface area contributed by atoms with E-state index in [2.05, 4.69) is 49.9 Å². The number of methoxy groups -OCH3 is 4. The fraction of sp³-hybridized carbons (Fsp3) is 0.257. The summed E-state index contributed by atoms with van der Waals surface area (Å²) in [6.45, 7) is 2.81. The number of nitrogens with zero attached hydrogens (tertiary/aromatic N) is 5. The minimum absolute atomic E-state index is 0.272. The van der Waals surface area contributed by atoms with Gasteiger partial charge in [0.25, 0.3) is 5.91 Å². The van der Waals surface area contributed by atoms with Crippen LogP contribution in [0.2, 0.25) is 0 Å². The summed E-state index contributed by atoms with van der Waals surface area (Å²) in [7, 11) is 6.43. The predicted octanol–water partition coefficient (Wildman–Crippen LogP) is 5.22. The van der Waals surface area contributed by atoms with Gasteiger partial charge >= 0.3 is 0 Å². The second-order valence-corrected chi connectivity index (χ2v) is 10.9. The van der Waals surface area contributed by atoms with Crippen molar-refractivity contribution in [3.63, 3.8) is 0 Å². The van der Waals surface area contributed by atoms with Crippen molar-refractivity contribution in [2.45, 2.75) is 19.4 Å². The van der Waals surface area contributed by atoms with E-state index in [1.165, 1.54) is 21.5 Å². The van der Waals surface area contributed by atoms with E-state index in [9.17, 15) is 4.79 Å². The topological polar surface area (TPSA) is 113 Å². The Hall–Kier alpha value is -5.42. The van der Waals surface area contributed by atoms with Crippen LogP contribution < -0.4 is 24.3 Å². The number of hydrogen-bond donors (Lipinski definition) is 1. The Kier molecular flexibility index (Phi) is 9.11. The molecule has 0 saturated carbocycles. The van der Waals surface area contributed by atoms with Crippen molar-refractivity contribution in [3.8, 4) is 40.1 Å². The van der Waals surface area contributed by atoms with E-state index >= 15 is 0 Å². The summed E-state index contributed by atoms with van der Waals surface area (Å²) in [5, 5.41) is 16.2. The van der Waals surface area contributed by atoms with Crippen LogP contribution in [0.4, 0.5) is 5.69 Å². The number of rotatable bonds is 11. The lowest BCUT2D eigenvalue weighted by atomic mass is 9.98. The number of tetrazole rings is 1. The van der Waals surface area contributed by atoms with Crippen LogP contribution in [-0.2, 0) is 19.4 Å². The second kappa shape index (κ2) is 13.7. The van der Waals surface area contributed by atoms with Crippen LogP contribution in [0.1, 0.15) is 27.0 Å². The van der Waals surface area contributed by atoms with Crippen LogP contribution in [-0.4, -0.2) is 72.5 Å². The highest BCUT2D eigenvalue weighted by atomic mass is 16.5. The minimum atomic E-state index is -0.272. The Bertz CT molecular complexity index is 1820. The largest absolute Gasteiger partial charge is 0.493 e. The van der Waals surface area contributed by atoms with Crippen molar-refractivity contribution in [1.29, 1.82) is 0 Å². The third-order valence-corrected chi connectivity index (χ3v) is 8.14. The molecule has 4 aromatic carbocycles. The van der Waals surface area contributed by atoms with Gasteiger partial charge in [0.2, 0.25) is 5.82 Å². The summed E-state index contributed by atoms with van der Waals surface area (Å²) in [4.78, 5) is 16.9. The van der Waals surface area contributed by atoms with Crippen molar-refractivity contribution in [2.24, 2.45) is 0 Å². The summed E-state index contributed by atoms with van der Waals surface area (Å²) < 4.78 is 22.0. The van der Waals surface area contributed by atoms with Crippen LogP contribution in [0.15, 0.2) is 78.9 Å². The Morgan fingerprint density at radius 1 is 0.804 bits per heavy atom. The molecule has 1 aliphatic rings. The standard InChI is InChI=1S/C35H36N6O5/c1-43-30-18-25-15-17-40(22-26(25)19-31(30)44-2)16-14-23-10-12-27(13-11-23)41-38-34(37-39-41)28-20-32(45-3)33(46-4)21-29(28)36-35(42)24-8-6-5-7-9-24/h5-13,18-21H,14-17,22H2,1-4H3,(H,36,42). The molecule has 5 aromatic rings. The average Bonchev–Trinajstić information content (AvgIpc) is 3.60. The number of nitrogens with one attached hydrogen (secondary N) is 1.